The highest BCUT2D eigenvalue weighted by Crippen LogP contribution is 2.24. The number of hydrogen-bond donors (Lipinski definition) is 2. The molecule has 32 heavy (non-hydrogen) atoms. The maximum atomic E-state index is 13.2. The van der Waals surface area contributed by atoms with Gasteiger partial charge < -0.3 is 11.1 Å². The van der Waals surface area contributed by atoms with Gasteiger partial charge >= 0.3 is 0 Å². The van der Waals surface area contributed by atoms with E-state index in [9.17, 15) is 14.9 Å². The van der Waals surface area contributed by atoms with E-state index >= 15 is 0 Å². The van der Waals surface area contributed by atoms with Crippen molar-refractivity contribution in [3.63, 3.8) is 0 Å². The summed E-state index contributed by atoms with van der Waals surface area (Å²) in [7, 11) is 0. The van der Waals surface area contributed by atoms with E-state index in [-0.39, 0.29) is 11.3 Å². The van der Waals surface area contributed by atoms with Crippen molar-refractivity contribution in [3.05, 3.63) is 82.6 Å². The highest BCUT2D eigenvalue weighted by Gasteiger charge is 2.19. The normalized spacial score (nSPS) is 10.7. The van der Waals surface area contributed by atoms with Crippen LogP contribution < -0.4 is 11.1 Å². The quantitative estimate of drug-likeness (QED) is 0.504. The smallest absolute Gasteiger partial charge is 0.267 e. The number of aryl methyl sites for hydroxylation is 1. The van der Waals surface area contributed by atoms with Gasteiger partial charge in [-0.15, -0.1) is 0 Å². The molecule has 158 valence electrons. The van der Waals surface area contributed by atoms with Crippen LogP contribution >= 0.6 is 0 Å². The van der Waals surface area contributed by atoms with Crippen LogP contribution in [-0.4, -0.2) is 31.6 Å². The fraction of sp³-hybridized carbons (Fsp3) is 0.130. The molecule has 1 aromatic carbocycles. The van der Waals surface area contributed by atoms with E-state index in [0.29, 0.717) is 34.5 Å². The molecule has 3 aromatic heterocycles. The number of carbonyl (C=O) groups excluding carboxylic acids is 2. The lowest BCUT2D eigenvalue weighted by Gasteiger charge is -2.10. The Morgan fingerprint density at radius 2 is 1.97 bits per heavy atom. The first-order valence-corrected chi connectivity index (χ1v) is 9.78. The van der Waals surface area contributed by atoms with Crippen molar-refractivity contribution < 1.29 is 9.59 Å². The molecule has 0 radical (unpaired) electrons. The van der Waals surface area contributed by atoms with Crippen LogP contribution in [0.15, 0.2) is 48.7 Å². The highest BCUT2D eigenvalue weighted by molar-refractivity contribution is 6.14. The number of benzene rings is 1. The summed E-state index contributed by atoms with van der Waals surface area (Å²) >= 11 is 0. The average molecular weight is 425 g/mol. The van der Waals surface area contributed by atoms with Crippen LogP contribution in [0, 0.1) is 25.2 Å². The van der Waals surface area contributed by atoms with Crippen LogP contribution in [0.2, 0.25) is 0 Å². The lowest BCUT2D eigenvalue weighted by Crippen LogP contribution is -2.18. The summed E-state index contributed by atoms with van der Waals surface area (Å²) in [5, 5.41) is 17.3. The van der Waals surface area contributed by atoms with Gasteiger partial charge in [0.05, 0.1) is 34.7 Å². The van der Waals surface area contributed by atoms with Gasteiger partial charge in [0, 0.05) is 17.1 Å². The lowest BCUT2D eigenvalue weighted by molar-refractivity contribution is 0.0996. The maximum Gasteiger partial charge on any atom is 0.267 e. The summed E-state index contributed by atoms with van der Waals surface area (Å²) in [6, 6.07) is 14.1. The zero-order valence-corrected chi connectivity index (χ0v) is 17.5. The molecule has 0 saturated heterocycles. The Kier molecular flexibility index (Phi) is 5.35. The maximum absolute atomic E-state index is 13.2. The number of rotatable bonds is 5. The van der Waals surface area contributed by atoms with Crippen LogP contribution in [0.1, 0.15) is 43.5 Å². The second kappa shape index (κ2) is 8.28. The summed E-state index contributed by atoms with van der Waals surface area (Å²) in [6.07, 6.45) is 1.56. The fourth-order valence-electron chi connectivity index (χ4n) is 3.53. The Hall–Kier alpha value is -4.58. The van der Waals surface area contributed by atoms with Crippen molar-refractivity contribution >= 4 is 28.4 Å². The molecule has 4 aromatic rings. The first kappa shape index (κ1) is 20.7. The Morgan fingerprint density at radius 1 is 1.19 bits per heavy atom. The van der Waals surface area contributed by atoms with Crippen LogP contribution in [0.25, 0.3) is 10.9 Å². The van der Waals surface area contributed by atoms with E-state index in [2.05, 4.69) is 26.5 Å². The van der Waals surface area contributed by atoms with E-state index in [0.717, 1.165) is 11.3 Å². The Balaban J connectivity index is 1.69. The molecule has 0 fully saturated rings. The molecule has 3 N–H and O–H groups in total. The molecule has 4 rings (SSSR count). The van der Waals surface area contributed by atoms with Crippen molar-refractivity contribution in [1.29, 1.82) is 5.26 Å². The predicted octanol–water partition coefficient (Wildman–Crippen LogP) is 2.71. The SMILES string of the molecule is Cc1nn(Cc2cccnc2C#N)c(C)c1NC(=O)c1cc(C(N)=O)nc2ccccc12. The van der Waals surface area contributed by atoms with Crippen molar-refractivity contribution in [2.75, 3.05) is 5.32 Å². The number of pyridine rings is 2. The minimum absolute atomic E-state index is 0.0126. The van der Waals surface area contributed by atoms with Gasteiger partial charge in [0.25, 0.3) is 11.8 Å². The van der Waals surface area contributed by atoms with Gasteiger partial charge in [-0.2, -0.15) is 10.4 Å². The Labute approximate surface area is 183 Å². The lowest BCUT2D eigenvalue weighted by atomic mass is 10.1. The Morgan fingerprint density at radius 3 is 2.72 bits per heavy atom. The molecule has 2 amide bonds. The molecule has 0 saturated carbocycles. The number of nitriles is 1. The number of hydrogen-bond acceptors (Lipinski definition) is 6. The third kappa shape index (κ3) is 3.77. The number of primary amides is 1. The molecule has 0 bridgehead atoms. The molecule has 0 spiro atoms. The third-order valence-electron chi connectivity index (χ3n) is 5.15. The summed E-state index contributed by atoms with van der Waals surface area (Å²) in [6.45, 7) is 3.95. The van der Waals surface area contributed by atoms with Crippen molar-refractivity contribution in [2.24, 2.45) is 5.73 Å². The second-order valence-electron chi connectivity index (χ2n) is 7.22. The van der Waals surface area contributed by atoms with E-state index in [1.165, 1.54) is 6.07 Å². The summed E-state index contributed by atoms with van der Waals surface area (Å²) in [4.78, 5) is 33.2. The summed E-state index contributed by atoms with van der Waals surface area (Å²) < 4.78 is 1.71. The standard InChI is InChI=1S/C23H19N7O2/c1-13-21(14(2)30(29-13)12-15-6-5-9-26-20(15)11-24)28-23(32)17-10-19(22(25)31)27-18-8-4-3-7-16(17)18/h3-10H,12H2,1-2H3,(H2,25,31)(H,28,32). The third-order valence-corrected chi connectivity index (χ3v) is 5.15. The van der Waals surface area contributed by atoms with Crippen molar-refractivity contribution in [2.45, 2.75) is 20.4 Å². The zero-order valence-electron chi connectivity index (χ0n) is 17.5. The number of para-hydroxylation sites is 1. The molecule has 0 aliphatic heterocycles. The molecule has 9 heteroatoms. The van der Waals surface area contributed by atoms with Crippen LogP contribution in [-0.2, 0) is 6.54 Å². The van der Waals surface area contributed by atoms with Crippen LogP contribution in [0.5, 0.6) is 0 Å². The number of fused-ring (bicyclic) bond motifs is 1. The second-order valence-corrected chi connectivity index (χ2v) is 7.22. The number of nitrogens with two attached hydrogens (primary N) is 1. The number of nitrogens with one attached hydrogen (secondary N) is 1. The fourth-order valence-corrected chi connectivity index (χ4v) is 3.53. The molecular weight excluding hydrogens is 406 g/mol. The van der Waals surface area contributed by atoms with Crippen molar-refractivity contribution in [3.8, 4) is 6.07 Å². The van der Waals surface area contributed by atoms with Gasteiger partial charge in [-0.05, 0) is 32.0 Å². The molecule has 0 unspecified atom stereocenters. The highest BCUT2D eigenvalue weighted by atomic mass is 16.2. The number of amides is 2. The minimum Gasteiger partial charge on any atom is -0.364 e. The molecular formula is C23H19N7O2. The van der Waals surface area contributed by atoms with E-state index in [1.807, 2.05) is 13.0 Å². The Bertz CT molecular complexity index is 1420. The molecule has 9 nitrogen and oxygen atoms in total. The monoisotopic (exact) mass is 425 g/mol. The average Bonchev–Trinajstić information content (AvgIpc) is 3.05. The van der Waals surface area contributed by atoms with E-state index in [4.69, 9.17) is 5.73 Å². The molecule has 0 aliphatic rings. The first-order chi connectivity index (χ1) is 15.4. The zero-order chi connectivity index (χ0) is 22.8. The first-order valence-electron chi connectivity index (χ1n) is 9.78. The summed E-state index contributed by atoms with van der Waals surface area (Å²) in [5.74, 6) is -1.12. The van der Waals surface area contributed by atoms with Gasteiger partial charge in [0.1, 0.15) is 17.5 Å². The molecule has 3 heterocycles. The van der Waals surface area contributed by atoms with Gasteiger partial charge in [0.2, 0.25) is 0 Å². The number of anilines is 1. The largest absolute Gasteiger partial charge is 0.364 e. The van der Waals surface area contributed by atoms with Gasteiger partial charge in [-0.3, -0.25) is 14.3 Å². The molecule has 0 aliphatic carbocycles. The minimum atomic E-state index is -0.713. The van der Waals surface area contributed by atoms with Gasteiger partial charge in [-0.1, -0.05) is 24.3 Å². The predicted molar refractivity (Wildman–Crippen MR) is 118 cm³/mol. The van der Waals surface area contributed by atoms with Crippen LogP contribution in [0.4, 0.5) is 5.69 Å². The summed E-state index contributed by atoms with van der Waals surface area (Å²) in [5.41, 5.74) is 9.14. The number of nitrogens with zero attached hydrogens (tertiary/aromatic N) is 5. The number of carbonyl (C=O) groups is 2. The van der Waals surface area contributed by atoms with Gasteiger partial charge in [-0.25, -0.2) is 9.97 Å². The van der Waals surface area contributed by atoms with E-state index < -0.39 is 11.8 Å². The van der Waals surface area contributed by atoms with E-state index in [1.54, 1.807) is 48.1 Å². The number of aromatic nitrogens is 4. The van der Waals surface area contributed by atoms with Crippen LogP contribution in [0.3, 0.4) is 0 Å². The van der Waals surface area contributed by atoms with Crippen molar-refractivity contribution in [1.82, 2.24) is 19.7 Å². The van der Waals surface area contributed by atoms with Gasteiger partial charge in [0.15, 0.2) is 0 Å². The topological polar surface area (TPSA) is 140 Å². The molecule has 0 atom stereocenters.